The van der Waals surface area contributed by atoms with Crippen LogP contribution in [0.3, 0.4) is 0 Å². The number of nitrogens with zero attached hydrogens (tertiary/aromatic N) is 4. The van der Waals surface area contributed by atoms with Crippen LogP contribution in [0.4, 0.5) is 17.3 Å². The second kappa shape index (κ2) is 8.73. The van der Waals surface area contributed by atoms with E-state index in [2.05, 4.69) is 31.1 Å². The van der Waals surface area contributed by atoms with Crippen LogP contribution < -0.4 is 16.2 Å². The Morgan fingerprint density at radius 3 is 2.50 bits per heavy atom. The maximum Gasteiger partial charge on any atom is 0.354 e. The molecule has 0 radical (unpaired) electrons. The van der Waals surface area contributed by atoms with Crippen LogP contribution in [-0.4, -0.2) is 25.8 Å². The zero-order valence-corrected chi connectivity index (χ0v) is 15.1. The maximum atomic E-state index is 12.0. The quantitative estimate of drug-likeness (QED) is 0.407. The molecule has 2 aromatic heterocycles. The van der Waals surface area contributed by atoms with E-state index >= 15 is 0 Å². The molecular weight excluding hydrogens is 386 g/mol. The van der Waals surface area contributed by atoms with Gasteiger partial charge >= 0.3 is 5.69 Å². The molecule has 10 nitrogen and oxygen atoms in total. The molecule has 0 atom stereocenters. The van der Waals surface area contributed by atoms with Gasteiger partial charge in [-0.2, -0.15) is 0 Å². The summed E-state index contributed by atoms with van der Waals surface area (Å²) in [5, 5.41) is 15.0. The summed E-state index contributed by atoms with van der Waals surface area (Å²) >= 11 is 5.84. The topological polar surface area (TPSA) is 135 Å². The minimum absolute atomic E-state index is 0.00420. The third-order valence-electron chi connectivity index (χ3n) is 3.57. The highest BCUT2D eigenvalue weighted by molar-refractivity contribution is 6.30. The van der Waals surface area contributed by atoms with Crippen molar-refractivity contribution in [1.82, 2.24) is 20.4 Å². The summed E-state index contributed by atoms with van der Waals surface area (Å²) < 4.78 is 0. The van der Waals surface area contributed by atoms with E-state index in [1.54, 1.807) is 36.4 Å². The van der Waals surface area contributed by atoms with Gasteiger partial charge in [-0.25, -0.2) is 9.97 Å². The van der Waals surface area contributed by atoms with Crippen molar-refractivity contribution in [3.05, 3.63) is 81.4 Å². The summed E-state index contributed by atoms with van der Waals surface area (Å²) in [4.78, 5) is 34.6. The Morgan fingerprint density at radius 1 is 1.07 bits per heavy atom. The van der Waals surface area contributed by atoms with Crippen molar-refractivity contribution in [2.24, 2.45) is 0 Å². The van der Waals surface area contributed by atoms with Gasteiger partial charge in [-0.15, -0.1) is 0 Å². The molecule has 3 aromatic rings. The molecule has 0 aliphatic heterocycles. The van der Waals surface area contributed by atoms with Crippen LogP contribution in [-0.2, 0) is 6.54 Å². The summed E-state index contributed by atoms with van der Waals surface area (Å²) in [5.74, 6) is -0.725. The Balaban J connectivity index is 1.74. The second-order valence-corrected chi connectivity index (χ2v) is 5.89. The molecule has 2 heterocycles. The minimum atomic E-state index is -0.639. The fraction of sp³-hybridized carbons (Fsp3) is 0.0588. The molecule has 11 heteroatoms. The molecule has 0 aliphatic rings. The zero-order chi connectivity index (χ0) is 19.9. The summed E-state index contributed by atoms with van der Waals surface area (Å²) in [7, 11) is 0. The number of hydrogen-bond acceptors (Lipinski definition) is 8. The molecule has 3 N–H and O–H groups in total. The Hall–Kier alpha value is -3.79. The van der Waals surface area contributed by atoms with Gasteiger partial charge in [-0.3, -0.25) is 30.7 Å². The van der Waals surface area contributed by atoms with E-state index in [0.29, 0.717) is 5.02 Å². The number of carbonyl (C=O) groups is 1. The summed E-state index contributed by atoms with van der Waals surface area (Å²) in [6.07, 6.45) is 2.60. The van der Waals surface area contributed by atoms with Crippen LogP contribution in [0.5, 0.6) is 0 Å². The molecular formula is C17H14ClN7O3. The second-order valence-electron chi connectivity index (χ2n) is 5.45. The van der Waals surface area contributed by atoms with Crippen LogP contribution in [0.25, 0.3) is 0 Å². The molecule has 0 spiro atoms. The standard InChI is InChI=1S/C17H14ClN7O3/c18-12-6-4-11(5-7-12)9-20-15-14(25(27)28)16(22-10-21-15)23-24-17(26)13-3-1-2-8-19-13/h1-8,10H,9H2,(H,24,26)(H2,20,21,22,23). The van der Waals surface area contributed by atoms with Crippen LogP contribution in [0, 0.1) is 10.1 Å². The van der Waals surface area contributed by atoms with E-state index in [1.165, 1.54) is 12.3 Å². The van der Waals surface area contributed by atoms with Crippen molar-refractivity contribution >= 4 is 34.8 Å². The number of hydrazine groups is 1. The van der Waals surface area contributed by atoms with Crippen molar-refractivity contribution in [3.63, 3.8) is 0 Å². The van der Waals surface area contributed by atoms with Crippen molar-refractivity contribution in [2.75, 3.05) is 10.7 Å². The fourth-order valence-corrected chi connectivity index (χ4v) is 2.36. The van der Waals surface area contributed by atoms with Crippen molar-refractivity contribution < 1.29 is 9.72 Å². The Bertz CT molecular complexity index is 984. The number of rotatable bonds is 7. The average molecular weight is 400 g/mol. The molecule has 0 saturated heterocycles. The van der Waals surface area contributed by atoms with Gasteiger partial charge in [0.05, 0.1) is 4.92 Å². The molecule has 1 aromatic carbocycles. The molecule has 0 saturated carbocycles. The lowest BCUT2D eigenvalue weighted by Crippen LogP contribution is -2.31. The molecule has 0 aliphatic carbocycles. The number of amides is 1. The van der Waals surface area contributed by atoms with E-state index in [9.17, 15) is 14.9 Å². The van der Waals surface area contributed by atoms with Crippen molar-refractivity contribution in [2.45, 2.75) is 6.54 Å². The lowest BCUT2D eigenvalue weighted by molar-refractivity contribution is -0.383. The first-order valence-corrected chi connectivity index (χ1v) is 8.37. The number of aromatic nitrogens is 3. The number of pyridine rings is 1. The highest BCUT2D eigenvalue weighted by atomic mass is 35.5. The Kier molecular flexibility index (Phi) is 5.92. The van der Waals surface area contributed by atoms with Crippen LogP contribution in [0.15, 0.2) is 55.0 Å². The molecule has 142 valence electrons. The molecule has 28 heavy (non-hydrogen) atoms. The van der Waals surface area contributed by atoms with Gasteiger partial charge < -0.3 is 5.32 Å². The predicted octanol–water partition coefficient (Wildman–Crippen LogP) is 2.80. The number of halogens is 1. The molecule has 3 rings (SSSR count). The first-order valence-electron chi connectivity index (χ1n) is 7.99. The van der Waals surface area contributed by atoms with Crippen LogP contribution >= 0.6 is 11.6 Å². The van der Waals surface area contributed by atoms with E-state index in [1.807, 2.05) is 0 Å². The first-order chi connectivity index (χ1) is 13.5. The lowest BCUT2D eigenvalue weighted by Gasteiger charge is -2.11. The number of carbonyl (C=O) groups excluding carboxylic acids is 1. The van der Waals surface area contributed by atoms with Gasteiger partial charge in [0.1, 0.15) is 12.0 Å². The van der Waals surface area contributed by atoms with Crippen molar-refractivity contribution in [3.8, 4) is 0 Å². The summed E-state index contributed by atoms with van der Waals surface area (Å²) in [5.41, 5.74) is 5.38. The number of anilines is 2. The number of nitrogens with one attached hydrogen (secondary N) is 3. The van der Waals surface area contributed by atoms with Gasteiger partial charge in [-0.1, -0.05) is 29.8 Å². The molecule has 1 amide bonds. The largest absolute Gasteiger partial charge is 0.360 e. The fourth-order valence-electron chi connectivity index (χ4n) is 2.24. The molecule has 0 unspecified atom stereocenters. The average Bonchev–Trinajstić information content (AvgIpc) is 2.72. The lowest BCUT2D eigenvalue weighted by atomic mass is 10.2. The van der Waals surface area contributed by atoms with Gasteiger partial charge in [0, 0.05) is 17.8 Å². The maximum absolute atomic E-state index is 12.0. The van der Waals surface area contributed by atoms with Gasteiger partial charge in [0.2, 0.25) is 11.6 Å². The summed E-state index contributed by atoms with van der Waals surface area (Å²) in [6, 6.07) is 11.8. The van der Waals surface area contributed by atoms with Crippen molar-refractivity contribution in [1.29, 1.82) is 0 Å². The van der Waals surface area contributed by atoms with Crippen LogP contribution in [0.1, 0.15) is 16.1 Å². The Labute approximate surface area is 164 Å². The third kappa shape index (κ3) is 4.68. The van der Waals surface area contributed by atoms with Gasteiger partial charge in [-0.05, 0) is 29.8 Å². The smallest absolute Gasteiger partial charge is 0.354 e. The van der Waals surface area contributed by atoms with Gasteiger partial charge in [0.15, 0.2) is 0 Å². The normalized spacial score (nSPS) is 10.2. The number of hydrogen-bond donors (Lipinski definition) is 3. The summed E-state index contributed by atoms with van der Waals surface area (Å²) in [6.45, 7) is 0.286. The third-order valence-corrected chi connectivity index (χ3v) is 3.82. The van der Waals surface area contributed by atoms with E-state index < -0.39 is 16.5 Å². The SMILES string of the molecule is O=C(NNc1ncnc(NCc2ccc(Cl)cc2)c1[N+](=O)[O-])c1ccccn1. The zero-order valence-electron chi connectivity index (χ0n) is 14.3. The number of nitro groups is 1. The van der Waals surface area contributed by atoms with Crippen LogP contribution in [0.2, 0.25) is 5.02 Å². The van der Waals surface area contributed by atoms with E-state index in [4.69, 9.17) is 11.6 Å². The predicted molar refractivity (Wildman–Crippen MR) is 103 cm³/mol. The highest BCUT2D eigenvalue weighted by Crippen LogP contribution is 2.28. The van der Waals surface area contributed by atoms with E-state index in [0.717, 1.165) is 11.9 Å². The monoisotopic (exact) mass is 399 g/mol. The minimum Gasteiger partial charge on any atom is -0.360 e. The number of benzene rings is 1. The first kappa shape index (κ1) is 19.0. The highest BCUT2D eigenvalue weighted by Gasteiger charge is 2.23. The molecule has 0 bridgehead atoms. The molecule has 0 fully saturated rings. The van der Waals surface area contributed by atoms with E-state index in [-0.39, 0.29) is 23.9 Å². The van der Waals surface area contributed by atoms with Gasteiger partial charge in [0.25, 0.3) is 5.91 Å². The Morgan fingerprint density at radius 2 is 1.82 bits per heavy atom.